The van der Waals surface area contributed by atoms with Crippen molar-refractivity contribution in [3.63, 3.8) is 0 Å². The van der Waals surface area contributed by atoms with Crippen LogP contribution in [-0.2, 0) is 11.2 Å². The van der Waals surface area contributed by atoms with E-state index in [9.17, 15) is 22.8 Å². The number of hydrogen-bond acceptors (Lipinski definition) is 5. The smallest absolute Gasteiger partial charge is 0.406 e. The molecule has 0 fully saturated rings. The molecule has 0 radical (unpaired) electrons. The standard InChI is InChI=1S/C27H19F3N4O3S/c28-27(29,30)37-18-11-9-17(10-12-18)34-25(36)24-23(19-6-2-3-7-20(19)31-24)32-26(34)38-15-22(35)33-14-13-16-5-1-4-8-21(16)33/h1-12,31H,13-15H2. The van der Waals surface area contributed by atoms with Crippen molar-refractivity contribution in [2.75, 3.05) is 17.2 Å². The molecule has 0 saturated heterocycles. The first-order valence-electron chi connectivity index (χ1n) is 11.7. The molecule has 38 heavy (non-hydrogen) atoms. The van der Waals surface area contributed by atoms with Gasteiger partial charge in [0.15, 0.2) is 5.16 Å². The summed E-state index contributed by atoms with van der Waals surface area (Å²) in [5.74, 6) is -0.524. The second-order valence-corrected chi connectivity index (χ2v) is 9.63. The van der Waals surface area contributed by atoms with Crippen LogP contribution in [0.15, 0.2) is 82.7 Å². The van der Waals surface area contributed by atoms with Crippen LogP contribution in [0.3, 0.4) is 0 Å². The summed E-state index contributed by atoms with van der Waals surface area (Å²) in [7, 11) is 0. The molecule has 6 rings (SSSR count). The van der Waals surface area contributed by atoms with Crippen LogP contribution in [0, 0.1) is 0 Å². The zero-order chi connectivity index (χ0) is 26.4. The number of amides is 1. The number of carbonyl (C=O) groups is 1. The van der Waals surface area contributed by atoms with E-state index in [0.717, 1.165) is 52.5 Å². The molecule has 0 spiro atoms. The van der Waals surface area contributed by atoms with Crippen molar-refractivity contribution in [1.82, 2.24) is 14.5 Å². The molecule has 1 N–H and O–H groups in total. The highest BCUT2D eigenvalue weighted by Gasteiger charge is 2.31. The number of nitrogens with one attached hydrogen (secondary N) is 1. The van der Waals surface area contributed by atoms with Gasteiger partial charge >= 0.3 is 6.36 Å². The largest absolute Gasteiger partial charge is 0.573 e. The third-order valence-electron chi connectivity index (χ3n) is 6.34. The van der Waals surface area contributed by atoms with Gasteiger partial charge in [0.1, 0.15) is 16.8 Å². The topological polar surface area (TPSA) is 80.2 Å². The van der Waals surface area contributed by atoms with E-state index < -0.39 is 17.7 Å². The van der Waals surface area contributed by atoms with Crippen LogP contribution in [0.1, 0.15) is 5.56 Å². The number of para-hydroxylation sites is 2. The van der Waals surface area contributed by atoms with E-state index in [-0.39, 0.29) is 22.3 Å². The Kier molecular flexibility index (Phi) is 5.87. The van der Waals surface area contributed by atoms with Crippen LogP contribution < -0.4 is 15.2 Å². The Morgan fingerprint density at radius 3 is 2.55 bits per heavy atom. The predicted octanol–water partition coefficient (Wildman–Crippen LogP) is 5.45. The maximum Gasteiger partial charge on any atom is 0.573 e. The van der Waals surface area contributed by atoms with Crippen LogP contribution in [0.4, 0.5) is 18.9 Å². The SMILES string of the molecule is O=C(CSc1nc2c([nH]c3ccccc32)c(=O)n1-c1ccc(OC(F)(F)F)cc1)N1CCc2ccccc21. The van der Waals surface area contributed by atoms with E-state index in [2.05, 4.69) is 9.72 Å². The molecular weight excluding hydrogens is 517 g/mol. The Bertz CT molecular complexity index is 1750. The van der Waals surface area contributed by atoms with Crippen LogP contribution in [0.2, 0.25) is 0 Å². The van der Waals surface area contributed by atoms with Crippen molar-refractivity contribution in [2.24, 2.45) is 0 Å². The summed E-state index contributed by atoms with van der Waals surface area (Å²) < 4.78 is 43.2. The second-order valence-electron chi connectivity index (χ2n) is 8.68. The molecule has 2 aromatic heterocycles. The highest BCUT2D eigenvalue weighted by Crippen LogP contribution is 2.31. The molecule has 192 valence electrons. The molecule has 3 heterocycles. The highest BCUT2D eigenvalue weighted by atomic mass is 32.2. The summed E-state index contributed by atoms with van der Waals surface area (Å²) in [4.78, 5) is 36.4. The van der Waals surface area contributed by atoms with Crippen LogP contribution in [0.25, 0.3) is 27.6 Å². The predicted molar refractivity (Wildman–Crippen MR) is 139 cm³/mol. The number of hydrogen-bond donors (Lipinski definition) is 1. The van der Waals surface area contributed by atoms with Gasteiger partial charge in [0, 0.05) is 23.1 Å². The van der Waals surface area contributed by atoms with Crippen LogP contribution in [-0.4, -0.2) is 39.1 Å². The number of nitrogens with zero attached hydrogens (tertiary/aromatic N) is 3. The van der Waals surface area contributed by atoms with Crippen molar-refractivity contribution in [3.8, 4) is 11.4 Å². The molecule has 0 saturated carbocycles. The quantitative estimate of drug-likeness (QED) is 0.239. The van der Waals surface area contributed by atoms with Gasteiger partial charge in [-0.1, -0.05) is 48.2 Å². The van der Waals surface area contributed by atoms with Gasteiger partial charge in [0.25, 0.3) is 5.56 Å². The summed E-state index contributed by atoms with van der Waals surface area (Å²) in [6, 6.07) is 20.0. The fourth-order valence-corrected chi connectivity index (χ4v) is 5.55. The van der Waals surface area contributed by atoms with Crippen LogP contribution >= 0.6 is 11.8 Å². The molecule has 11 heteroatoms. The Hall–Kier alpha value is -4.25. The average molecular weight is 537 g/mol. The number of thioether (sulfide) groups is 1. The maximum absolute atomic E-state index is 13.7. The minimum atomic E-state index is -4.83. The van der Waals surface area contributed by atoms with Gasteiger partial charge in [-0.15, -0.1) is 13.2 Å². The molecule has 1 aliphatic rings. The van der Waals surface area contributed by atoms with E-state index in [1.165, 1.54) is 16.7 Å². The molecule has 0 bridgehead atoms. The van der Waals surface area contributed by atoms with Crippen molar-refractivity contribution in [3.05, 3.63) is 88.7 Å². The fraction of sp³-hybridized carbons (Fsp3) is 0.148. The number of halogens is 3. The summed E-state index contributed by atoms with van der Waals surface area (Å²) in [6.45, 7) is 0.571. The maximum atomic E-state index is 13.7. The summed E-state index contributed by atoms with van der Waals surface area (Å²) in [5, 5.41) is 1.000. The van der Waals surface area contributed by atoms with E-state index in [0.29, 0.717) is 17.7 Å². The van der Waals surface area contributed by atoms with Crippen LogP contribution in [0.5, 0.6) is 5.75 Å². The molecule has 1 amide bonds. The molecule has 0 atom stereocenters. The zero-order valence-corrected chi connectivity index (χ0v) is 20.5. The summed E-state index contributed by atoms with van der Waals surface area (Å²) in [6.07, 6.45) is -4.07. The van der Waals surface area contributed by atoms with E-state index in [4.69, 9.17) is 4.98 Å². The van der Waals surface area contributed by atoms with Gasteiger partial charge in [-0.25, -0.2) is 4.98 Å². The Morgan fingerprint density at radius 2 is 1.76 bits per heavy atom. The highest BCUT2D eigenvalue weighted by molar-refractivity contribution is 7.99. The lowest BCUT2D eigenvalue weighted by Gasteiger charge is -2.18. The van der Waals surface area contributed by atoms with Crippen molar-refractivity contribution >= 4 is 45.3 Å². The number of anilines is 1. The fourth-order valence-electron chi connectivity index (χ4n) is 4.67. The Morgan fingerprint density at radius 1 is 1.03 bits per heavy atom. The number of fused-ring (bicyclic) bond motifs is 4. The molecular formula is C27H19F3N4O3S. The molecule has 0 unspecified atom stereocenters. The van der Waals surface area contributed by atoms with Gasteiger partial charge in [-0.3, -0.25) is 14.2 Å². The number of benzene rings is 3. The first-order chi connectivity index (χ1) is 18.3. The average Bonchev–Trinajstić information content (AvgIpc) is 3.49. The molecule has 7 nitrogen and oxygen atoms in total. The van der Waals surface area contributed by atoms with Gasteiger partial charge in [-0.05, 0) is 48.4 Å². The van der Waals surface area contributed by atoms with Crippen molar-refractivity contribution in [2.45, 2.75) is 17.9 Å². The lowest BCUT2D eigenvalue weighted by Crippen LogP contribution is -2.31. The molecule has 1 aliphatic heterocycles. The number of aromatic nitrogens is 3. The van der Waals surface area contributed by atoms with E-state index in [1.807, 2.05) is 48.5 Å². The summed E-state index contributed by atoms with van der Waals surface area (Å²) in [5.41, 5.74) is 3.26. The molecule has 5 aromatic rings. The number of ether oxygens (including phenoxy) is 1. The number of carbonyl (C=O) groups excluding carboxylic acids is 1. The third-order valence-corrected chi connectivity index (χ3v) is 7.26. The van der Waals surface area contributed by atoms with E-state index in [1.54, 1.807) is 4.90 Å². The van der Waals surface area contributed by atoms with Crippen molar-refractivity contribution in [1.29, 1.82) is 0 Å². The first-order valence-corrected chi connectivity index (χ1v) is 12.7. The van der Waals surface area contributed by atoms with Gasteiger partial charge in [0.2, 0.25) is 5.91 Å². The second kappa shape index (κ2) is 9.25. The number of H-pyrrole nitrogens is 1. The van der Waals surface area contributed by atoms with Gasteiger partial charge in [0.05, 0.1) is 11.4 Å². The Labute approximate surface area is 217 Å². The number of alkyl halides is 3. The minimum absolute atomic E-state index is 0.0178. The number of aromatic amines is 1. The lowest BCUT2D eigenvalue weighted by molar-refractivity contribution is -0.274. The normalized spacial score (nSPS) is 13.3. The zero-order valence-electron chi connectivity index (χ0n) is 19.7. The lowest BCUT2D eigenvalue weighted by atomic mass is 10.2. The monoisotopic (exact) mass is 536 g/mol. The summed E-state index contributed by atoms with van der Waals surface area (Å²) >= 11 is 1.10. The van der Waals surface area contributed by atoms with Gasteiger partial charge in [-0.2, -0.15) is 0 Å². The molecule has 3 aromatic carbocycles. The third kappa shape index (κ3) is 4.38. The number of rotatable bonds is 5. The minimum Gasteiger partial charge on any atom is -0.406 e. The Balaban J connectivity index is 1.40. The van der Waals surface area contributed by atoms with Crippen molar-refractivity contribution < 1.29 is 22.7 Å². The molecule has 0 aliphatic carbocycles. The van der Waals surface area contributed by atoms with E-state index >= 15 is 0 Å². The van der Waals surface area contributed by atoms with Gasteiger partial charge < -0.3 is 14.6 Å². The first kappa shape index (κ1) is 24.1.